The van der Waals surface area contributed by atoms with Gasteiger partial charge < -0.3 is 14.6 Å². The lowest BCUT2D eigenvalue weighted by Gasteiger charge is -2.08. The van der Waals surface area contributed by atoms with E-state index in [0.717, 1.165) is 11.1 Å². The third-order valence-corrected chi connectivity index (χ3v) is 3.02. The van der Waals surface area contributed by atoms with Gasteiger partial charge in [-0.3, -0.25) is 0 Å². The van der Waals surface area contributed by atoms with E-state index in [9.17, 15) is 5.11 Å². The van der Waals surface area contributed by atoms with Crippen molar-refractivity contribution in [2.75, 3.05) is 14.2 Å². The van der Waals surface area contributed by atoms with Gasteiger partial charge in [-0.1, -0.05) is 48.6 Å². The molecule has 1 atom stereocenters. The highest BCUT2D eigenvalue weighted by molar-refractivity contribution is 5.56. The van der Waals surface area contributed by atoms with Crippen molar-refractivity contribution < 1.29 is 14.6 Å². The van der Waals surface area contributed by atoms with Crippen molar-refractivity contribution in [3.8, 4) is 11.5 Å². The van der Waals surface area contributed by atoms with Gasteiger partial charge in [0.1, 0.15) is 0 Å². The van der Waals surface area contributed by atoms with Crippen LogP contribution in [0.3, 0.4) is 0 Å². The molecule has 1 N–H and O–H groups in total. The van der Waals surface area contributed by atoms with Gasteiger partial charge in [-0.25, -0.2) is 0 Å². The minimum absolute atomic E-state index is 0.621. The molecule has 2 aromatic rings. The lowest BCUT2D eigenvalue weighted by Crippen LogP contribution is -1.92. The van der Waals surface area contributed by atoms with Gasteiger partial charge in [-0.05, 0) is 23.3 Å². The molecule has 2 rings (SSSR count). The van der Waals surface area contributed by atoms with E-state index in [1.807, 2.05) is 54.6 Å². The molecule has 0 aliphatic heterocycles. The monoisotopic (exact) mass is 270 g/mol. The van der Waals surface area contributed by atoms with Crippen molar-refractivity contribution in [3.63, 3.8) is 0 Å². The molecule has 0 aliphatic rings. The Morgan fingerprint density at radius 2 is 1.65 bits per heavy atom. The molecule has 0 amide bonds. The number of aliphatic hydroxyl groups is 1. The van der Waals surface area contributed by atoms with Crippen LogP contribution >= 0.6 is 0 Å². The summed E-state index contributed by atoms with van der Waals surface area (Å²) in [6.07, 6.45) is 2.99. The van der Waals surface area contributed by atoms with Crippen LogP contribution in [0.5, 0.6) is 11.5 Å². The molecule has 1 unspecified atom stereocenters. The standard InChI is InChI=1S/C17H18O3/c1-19-16-11-9-13(12-17(16)20-2)8-10-15(18)14-6-4-3-5-7-14/h3-12,15,18H,1-2H3/b10-8+. The van der Waals surface area contributed by atoms with E-state index >= 15 is 0 Å². The van der Waals surface area contributed by atoms with Crippen molar-refractivity contribution in [3.05, 3.63) is 65.7 Å². The average molecular weight is 270 g/mol. The maximum Gasteiger partial charge on any atom is 0.161 e. The zero-order chi connectivity index (χ0) is 14.4. The number of hydrogen-bond acceptors (Lipinski definition) is 3. The second kappa shape index (κ2) is 6.78. The first-order chi connectivity index (χ1) is 9.74. The summed E-state index contributed by atoms with van der Waals surface area (Å²) < 4.78 is 10.4. The third-order valence-electron chi connectivity index (χ3n) is 3.02. The molecule has 3 nitrogen and oxygen atoms in total. The van der Waals surface area contributed by atoms with Crippen LogP contribution in [0, 0.1) is 0 Å². The quantitative estimate of drug-likeness (QED) is 0.904. The third kappa shape index (κ3) is 3.39. The topological polar surface area (TPSA) is 38.7 Å². The number of ether oxygens (including phenoxy) is 2. The maximum atomic E-state index is 10.1. The van der Waals surface area contributed by atoms with Crippen LogP contribution in [0.4, 0.5) is 0 Å². The van der Waals surface area contributed by atoms with Crippen LogP contribution < -0.4 is 9.47 Å². The molecular weight excluding hydrogens is 252 g/mol. The predicted molar refractivity (Wildman–Crippen MR) is 80.0 cm³/mol. The molecule has 20 heavy (non-hydrogen) atoms. The lowest BCUT2D eigenvalue weighted by molar-refractivity contribution is 0.229. The van der Waals surface area contributed by atoms with E-state index in [0.29, 0.717) is 11.5 Å². The van der Waals surface area contributed by atoms with Gasteiger partial charge in [0, 0.05) is 0 Å². The summed E-state index contributed by atoms with van der Waals surface area (Å²) in [6, 6.07) is 15.1. The minimum Gasteiger partial charge on any atom is -0.493 e. The van der Waals surface area contributed by atoms with E-state index in [4.69, 9.17) is 9.47 Å². The maximum absolute atomic E-state index is 10.1. The normalized spacial score (nSPS) is 12.3. The fourth-order valence-corrected chi connectivity index (χ4v) is 1.92. The van der Waals surface area contributed by atoms with Gasteiger partial charge in [-0.2, -0.15) is 0 Å². The zero-order valence-corrected chi connectivity index (χ0v) is 11.6. The van der Waals surface area contributed by atoms with Gasteiger partial charge in [0.15, 0.2) is 11.5 Å². The van der Waals surface area contributed by atoms with Gasteiger partial charge in [0.05, 0.1) is 20.3 Å². The SMILES string of the molecule is COc1ccc(/C=C/C(O)c2ccccc2)cc1OC. The summed E-state index contributed by atoms with van der Waals surface area (Å²) in [6.45, 7) is 0. The number of hydrogen-bond donors (Lipinski definition) is 1. The van der Waals surface area contributed by atoms with E-state index in [-0.39, 0.29) is 0 Å². The molecule has 2 aromatic carbocycles. The first kappa shape index (κ1) is 14.2. The summed E-state index contributed by atoms with van der Waals surface area (Å²) in [7, 11) is 3.21. The van der Waals surface area contributed by atoms with Crippen LogP contribution in [-0.4, -0.2) is 19.3 Å². The fraction of sp³-hybridized carbons (Fsp3) is 0.176. The highest BCUT2D eigenvalue weighted by atomic mass is 16.5. The summed E-state index contributed by atoms with van der Waals surface area (Å²) in [5.74, 6) is 1.36. The molecule has 3 heteroatoms. The van der Waals surface area contributed by atoms with Gasteiger partial charge in [-0.15, -0.1) is 0 Å². The summed E-state index contributed by atoms with van der Waals surface area (Å²) >= 11 is 0. The zero-order valence-electron chi connectivity index (χ0n) is 11.6. The molecule has 0 radical (unpaired) electrons. The smallest absolute Gasteiger partial charge is 0.161 e. The van der Waals surface area contributed by atoms with Crippen molar-refractivity contribution in [2.24, 2.45) is 0 Å². The van der Waals surface area contributed by atoms with Crippen LogP contribution in [0.2, 0.25) is 0 Å². The van der Waals surface area contributed by atoms with Crippen LogP contribution in [-0.2, 0) is 0 Å². The molecule has 0 aromatic heterocycles. The highest BCUT2D eigenvalue weighted by Crippen LogP contribution is 2.28. The second-order valence-corrected chi connectivity index (χ2v) is 4.33. The Hall–Kier alpha value is -2.26. The minimum atomic E-state index is -0.621. The lowest BCUT2D eigenvalue weighted by atomic mass is 10.1. The predicted octanol–water partition coefficient (Wildman–Crippen LogP) is 3.45. The Morgan fingerprint density at radius 3 is 2.30 bits per heavy atom. The average Bonchev–Trinajstić information content (AvgIpc) is 2.53. The van der Waals surface area contributed by atoms with E-state index in [1.165, 1.54) is 0 Å². The summed E-state index contributed by atoms with van der Waals surface area (Å²) in [4.78, 5) is 0. The first-order valence-corrected chi connectivity index (χ1v) is 6.38. The molecular formula is C17H18O3. The highest BCUT2D eigenvalue weighted by Gasteiger charge is 2.04. The number of aliphatic hydroxyl groups excluding tert-OH is 1. The largest absolute Gasteiger partial charge is 0.493 e. The Balaban J connectivity index is 2.15. The van der Waals surface area contributed by atoms with Crippen LogP contribution in [0.25, 0.3) is 6.08 Å². The molecule has 104 valence electrons. The van der Waals surface area contributed by atoms with Gasteiger partial charge in [0.2, 0.25) is 0 Å². The van der Waals surface area contributed by atoms with Gasteiger partial charge in [0.25, 0.3) is 0 Å². The Labute approximate surface area is 119 Å². The van der Waals surface area contributed by atoms with Crippen LogP contribution in [0.15, 0.2) is 54.6 Å². The summed E-state index contributed by atoms with van der Waals surface area (Å²) in [5.41, 5.74) is 1.81. The van der Waals surface area contributed by atoms with E-state index in [1.54, 1.807) is 20.3 Å². The molecule has 0 aliphatic carbocycles. The van der Waals surface area contributed by atoms with Crippen molar-refractivity contribution in [1.82, 2.24) is 0 Å². The van der Waals surface area contributed by atoms with E-state index in [2.05, 4.69) is 0 Å². The van der Waals surface area contributed by atoms with Crippen molar-refractivity contribution in [2.45, 2.75) is 6.10 Å². The van der Waals surface area contributed by atoms with Crippen molar-refractivity contribution >= 4 is 6.08 Å². The molecule has 0 heterocycles. The Morgan fingerprint density at radius 1 is 0.950 bits per heavy atom. The molecule has 0 saturated heterocycles. The van der Waals surface area contributed by atoms with Crippen LogP contribution in [0.1, 0.15) is 17.2 Å². The fourth-order valence-electron chi connectivity index (χ4n) is 1.92. The number of rotatable bonds is 5. The van der Waals surface area contributed by atoms with E-state index < -0.39 is 6.10 Å². The molecule has 0 bridgehead atoms. The van der Waals surface area contributed by atoms with Crippen molar-refractivity contribution in [1.29, 1.82) is 0 Å². The second-order valence-electron chi connectivity index (χ2n) is 4.33. The Bertz CT molecular complexity index is 576. The summed E-state index contributed by atoms with van der Waals surface area (Å²) in [5, 5.41) is 10.1. The molecule has 0 saturated carbocycles. The Kier molecular flexibility index (Phi) is 4.80. The molecule has 0 spiro atoms. The number of methoxy groups -OCH3 is 2. The first-order valence-electron chi connectivity index (χ1n) is 6.38. The number of benzene rings is 2. The van der Waals surface area contributed by atoms with Gasteiger partial charge >= 0.3 is 0 Å². The molecule has 0 fully saturated rings.